The van der Waals surface area contributed by atoms with E-state index in [4.69, 9.17) is 4.98 Å². The molecule has 0 unspecified atom stereocenters. The van der Waals surface area contributed by atoms with Crippen molar-refractivity contribution < 1.29 is 0 Å². The maximum absolute atomic E-state index is 4.92. The first-order valence-electron chi connectivity index (χ1n) is 8.47. The Morgan fingerprint density at radius 1 is 0.760 bits per heavy atom. The number of fused-ring (bicyclic) bond motifs is 3. The lowest BCUT2D eigenvalue weighted by Gasteiger charge is -2.06. The van der Waals surface area contributed by atoms with E-state index < -0.39 is 0 Å². The molecule has 120 valence electrons. The molecular formula is C22H17N3. The standard InChI is InChI=1S/C22H17N3/c1-3-9-16(10-4-1)15-20-21(17-11-5-2-6-12-17)24-22-23-18-13-7-8-14-19(18)25(20)22/h1-14H,15H2,(H,23,24). The highest BCUT2D eigenvalue weighted by atomic mass is 15.1. The van der Waals surface area contributed by atoms with Crippen molar-refractivity contribution in [3.63, 3.8) is 0 Å². The first-order chi connectivity index (χ1) is 12.4. The Morgan fingerprint density at radius 2 is 1.44 bits per heavy atom. The Hall–Kier alpha value is -3.33. The zero-order valence-corrected chi connectivity index (χ0v) is 13.7. The van der Waals surface area contributed by atoms with Gasteiger partial charge < -0.3 is 4.98 Å². The van der Waals surface area contributed by atoms with Crippen LogP contribution in [0.4, 0.5) is 0 Å². The van der Waals surface area contributed by atoms with Crippen molar-refractivity contribution in [3.8, 4) is 11.3 Å². The molecule has 5 aromatic rings. The lowest BCUT2D eigenvalue weighted by molar-refractivity contribution is 1.06. The molecule has 0 amide bonds. The van der Waals surface area contributed by atoms with E-state index in [0.717, 1.165) is 34.5 Å². The lowest BCUT2D eigenvalue weighted by Crippen LogP contribution is -1.96. The van der Waals surface area contributed by atoms with Crippen LogP contribution in [0.5, 0.6) is 0 Å². The van der Waals surface area contributed by atoms with Crippen molar-refractivity contribution in [1.82, 2.24) is 14.4 Å². The van der Waals surface area contributed by atoms with Gasteiger partial charge in [-0.3, -0.25) is 4.40 Å². The SMILES string of the molecule is c1ccc(Cc2c(-c3ccccc3)nc3[nH]c4ccccc4n23)cc1. The number of aromatic amines is 1. The van der Waals surface area contributed by atoms with E-state index in [1.54, 1.807) is 0 Å². The maximum Gasteiger partial charge on any atom is 0.213 e. The second kappa shape index (κ2) is 5.64. The van der Waals surface area contributed by atoms with Gasteiger partial charge in [-0.05, 0) is 17.7 Å². The third kappa shape index (κ3) is 2.32. The number of H-pyrrole nitrogens is 1. The van der Waals surface area contributed by atoms with Gasteiger partial charge in [-0.15, -0.1) is 0 Å². The third-order valence-corrected chi connectivity index (χ3v) is 4.63. The summed E-state index contributed by atoms with van der Waals surface area (Å²) < 4.78 is 2.25. The molecule has 25 heavy (non-hydrogen) atoms. The summed E-state index contributed by atoms with van der Waals surface area (Å²) in [6.07, 6.45) is 0.841. The number of para-hydroxylation sites is 2. The fraction of sp³-hybridized carbons (Fsp3) is 0.0455. The summed E-state index contributed by atoms with van der Waals surface area (Å²) >= 11 is 0. The summed E-state index contributed by atoms with van der Waals surface area (Å²) in [7, 11) is 0. The van der Waals surface area contributed by atoms with Crippen LogP contribution in [0.3, 0.4) is 0 Å². The first kappa shape index (κ1) is 14.1. The summed E-state index contributed by atoms with van der Waals surface area (Å²) in [4.78, 5) is 8.37. The summed E-state index contributed by atoms with van der Waals surface area (Å²) in [5, 5.41) is 0. The summed E-state index contributed by atoms with van der Waals surface area (Å²) in [6, 6.07) is 29.3. The van der Waals surface area contributed by atoms with Gasteiger partial charge in [-0.2, -0.15) is 0 Å². The van der Waals surface area contributed by atoms with E-state index >= 15 is 0 Å². The minimum Gasteiger partial charge on any atom is -0.323 e. The zero-order chi connectivity index (χ0) is 16.6. The van der Waals surface area contributed by atoms with Crippen LogP contribution in [-0.2, 0) is 6.42 Å². The number of imidazole rings is 2. The minimum atomic E-state index is 0.841. The molecule has 0 radical (unpaired) electrons. The van der Waals surface area contributed by atoms with Crippen molar-refractivity contribution >= 4 is 16.8 Å². The maximum atomic E-state index is 4.92. The summed E-state index contributed by atoms with van der Waals surface area (Å²) in [5.74, 6) is 0.894. The van der Waals surface area contributed by atoms with Crippen molar-refractivity contribution in [2.75, 3.05) is 0 Å². The van der Waals surface area contributed by atoms with Crippen molar-refractivity contribution in [1.29, 1.82) is 0 Å². The Labute approximate surface area is 145 Å². The van der Waals surface area contributed by atoms with E-state index in [0.29, 0.717) is 0 Å². The summed E-state index contributed by atoms with van der Waals surface area (Å²) in [5.41, 5.74) is 6.96. The highest BCUT2D eigenvalue weighted by Crippen LogP contribution is 2.29. The van der Waals surface area contributed by atoms with E-state index in [9.17, 15) is 0 Å². The van der Waals surface area contributed by atoms with E-state index in [-0.39, 0.29) is 0 Å². The number of hydrogen-bond donors (Lipinski definition) is 1. The molecule has 0 spiro atoms. The van der Waals surface area contributed by atoms with Gasteiger partial charge in [0.25, 0.3) is 0 Å². The molecule has 3 heteroatoms. The molecule has 2 aromatic heterocycles. The average molecular weight is 323 g/mol. The highest BCUT2D eigenvalue weighted by Gasteiger charge is 2.17. The van der Waals surface area contributed by atoms with Crippen LogP contribution in [-0.4, -0.2) is 14.4 Å². The number of nitrogens with zero attached hydrogens (tertiary/aromatic N) is 2. The second-order valence-corrected chi connectivity index (χ2v) is 6.24. The Balaban J connectivity index is 1.80. The fourth-order valence-corrected chi connectivity index (χ4v) is 3.47. The molecule has 0 atom stereocenters. The van der Waals surface area contributed by atoms with Crippen LogP contribution >= 0.6 is 0 Å². The van der Waals surface area contributed by atoms with Crippen molar-refractivity contribution in [2.24, 2.45) is 0 Å². The van der Waals surface area contributed by atoms with Gasteiger partial charge >= 0.3 is 0 Å². The molecule has 3 aromatic carbocycles. The second-order valence-electron chi connectivity index (χ2n) is 6.24. The molecule has 0 saturated heterocycles. The molecule has 0 aliphatic carbocycles. The van der Waals surface area contributed by atoms with Crippen LogP contribution in [0.15, 0.2) is 84.9 Å². The fourth-order valence-electron chi connectivity index (χ4n) is 3.47. The monoisotopic (exact) mass is 323 g/mol. The average Bonchev–Trinajstić information content (AvgIpc) is 3.20. The molecule has 2 heterocycles. The molecule has 0 aliphatic heterocycles. The molecule has 0 aliphatic rings. The van der Waals surface area contributed by atoms with Crippen LogP contribution in [0, 0.1) is 0 Å². The van der Waals surface area contributed by atoms with Crippen molar-refractivity contribution in [3.05, 3.63) is 96.2 Å². The van der Waals surface area contributed by atoms with Crippen LogP contribution in [0.1, 0.15) is 11.3 Å². The molecule has 5 rings (SSSR count). The highest BCUT2D eigenvalue weighted by molar-refractivity contribution is 5.82. The number of nitrogens with one attached hydrogen (secondary N) is 1. The van der Waals surface area contributed by atoms with E-state index in [1.165, 1.54) is 11.3 Å². The Morgan fingerprint density at radius 3 is 2.24 bits per heavy atom. The smallest absolute Gasteiger partial charge is 0.213 e. The van der Waals surface area contributed by atoms with Crippen LogP contribution in [0.2, 0.25) is 0 Å². The minimum absolute atomic E-state index is 0.841. The quantitative estimate of drug-likeness (QED) is 0.494. The predicted molar refractivity (Wildman–Crippen MR) is 102 cm³/mol. The Kier molecular flexibility index (Phi) is 3.17. The first-order valence-corrected chi connectivity index (χ1v) is 8.47. The largest absolute Gasteiger partial charge is 0.323 e. The summed E-state index contributed by atoms with van der Waals surface area (Å²) in [6.45, 7) is 0. The molecule has 0 fully saturated rings. The number of aromatic nitrogens is 3. The molecular weight excluding hydrogens is 306 g/mol. The third-order valence-electron chi connectivity index (χ3n) is 4.63. The van der Waals surface area contributed by atoms with Gasteiger partial charge in [0, 0.05) is 12.0 Å². The van der Waals surface area contributed by atoms with Crippen molar-refractivity contribution in [2.45, 2.75) is 6.42 Å². The number of benzene rings is 3. The van der Waals surface area contributed by atoms with E-state index in [1.807, 2.05) is 12.1 Å². The van der Waals surface area contributed by atoms with Gasteiger partial charge in [-0.1, -0.05) is 72.8 Å². The van der Waals surface area contributed by atoms with Gasteiger partial charge in [0.1, 0.15) is 0 Å². The van der Waals surface area contributed by atoms with Crippen LogP contribution in [0.25, 0.3) is 28.1 Å². The lowest BCUT2D eigenvalue weighted by atomic mass is 10.0. The normalized spacial score (nSPS) is 11.4. The molecule has 0 bridgehead atoms. The topological polar surface area (TPSA) is 33.1 Å². The van der Waals surface area contributed by atoms with E-state index in [2.05, 4.69) is 82.2 Å². The number of hydrogen-bond acceptors (Lipinski definition) is 1. The van der Waals surface area contributed by atoms with Gasteiger partial charge in [0.05, 0.1) is 22.4 Å². The Bertz CT molecular complexity index is 1150. The van der Waals surface area contributed by atoms with Gasteiger partial charge in [0.2, 0.25) is 5.78 Å². The number of rotatable bonds is 3. The molecule has 0 saturated carbocycles. The zero-order valence-electron chi connectivity index (χ0n) is 13.7. The molecule has 3 nitrogen and oxygen atoms in total. The van der Waals surface area contributed by atoms with Crippen LogP contribution < -0.4 is 0 Å². The predicted octanol–water partition coefficient (Wildman–Crippen LogP) is 5.07. The van der Waals surface area contributed by atoms with Gasteiger partial charge in [0.15, 0.2) is 0 Å². The van der Waals surface area contributed by atoms with Gasteiger partial charge in [-0.25, -0.2) is 4.98 Å². The molecule has 1 N–H and O–H groups in total.